The van der Waals surface area contributed by atoms with E-state index in [2.05, 4.69) is 42.4 Å². The molecule has 13 nitrogen and oxygen atoms in total. The second-order valence-corrected chi connectivity index (χ2v) is 14.8. The molecule has 270 valence electrons. The molecule has 2 atom stereocenters. The zero-order valence-corrected chi connectivity index (χ0v) is 29.0. The number of carbonyl (C=O) groups is 2. The van der Waals surface area contributed by atoms with Crippen LogP contribution in [0.15, 0.2) is 64.5 Å². The summed E-state index contributed by atoms with van der Waals surface area (Å²) in [6.07, 6.45) is 6.18. The van der Waals surface area contributed by atoms with E-state index in [4.69, 9.17) is 0 Å². The Balaban J connectivity index is 0.940. The lowest BCUT2D eigenvalue weighted by atomic mass is 9.88. The number of fused-ring (bicyclic) bond motifs is 1. The van der Waals surface area contributed by atoms with Crippen LogP contribution in [0.2, 0.25) is 0 Å². The summed E-state index contributed by atoms with van der Waals surface area (Å²) < 4.78 is 47.8. The highest BCUT2D eigenvalue weighted by Gasteiger charge is 2.33. The second kappa shape index (κ2) is 15.0. The predicted octanol–water partition coefficient (Wildman–Crippen LogP) is 3.69. The monoisotopic (exact) mass is 722 g/mol. The number of nitrogens with zero attached hydrogens (tertiary/aromatic N) is 6. The number of imidazole rings is 1. The van der Waals surface area contributed by atoms with E-state index in [1.165, 1.54) is 12.4 Å². The summed E-state index contributed by atoms with van der Waals surface area (Å²) in [7, 11) is 0.432. The lowest BCUT2D eigenvalue weighted by molar-refractivity contribution is -0.135. The molecular weight excluding hydrogens is 682 g/mol. The van der Waals surface area contributed by atoms with E-state index in [0.29, 0.717) is 31.0 Å². The van der Waals surface area contributed by atoms with Gasteiger partial charge in [-0.15, -0.1) is 0 Å². The topological polar surface area (TPSA) is 144 Å². The Labute approximate surface area is 295 Å². The third-order valence-corrected chi connectivity index (χ3v) is 11.6. The largest absolute Gasteiger partial charge is 0.432 e. The van der Waals surface area contributed by atoms with E-state index >= 15 is 0 Å². The van der Waals surface area contributed by atoms with Gasteiger partial charge in [0, 0.05) is 39.1 Å². The Bertz CT molecular complexity index is 1990. The zero-order valence-electron chi connectivity index (χ0n) is 28.2. The number of piperidine rings is 3. The molecule has 51 heavy (non-hydrogen) atoms. The molecule has 3 aliphatic rings. The fourth-order valence-electron chi connectivity index (χ4n) is 7.49. The van der Waals surface area contributed by atoms with Crippen LogP contribution in [0.4, 0.5) is 14.7 Å². The number of anilines is 1. The number of aryl methyl sites for hydroxylation is 1. The summed E-state index contributed by atoms with van der Waals surface area (Å²) in [5.74, 6) is -0.272. The first-order chi connectivity index (χ1) is 24.6. The number of para-hydroxylation sites is 1. The van der Waals surface area contributed by atoms with E-state index in [0.717, 1.165) is 66.9 Å². The lowest BCUT2D eigenvalue weighted by Gasteiger charge is -2.33. The maximum Gasteiger partial charge on any atom is 0.387 e. The fourth-order valence-corrected chi connectivity index (χ4v) is 8.78. The molecule has 16 heteroatoms. The highest BCUT2D eigenvalue weighted by molar-refractivity contribution is 7.82. The Morgan fingerprint density at radius 2 is 1.71 bits per heavy atom. The van der Waals surface area contributed by atoms with Crippen LogP contribution in [0.25, 0.3) is 11.0 Å². The molecule has 2 aromatic carbocycles. The molecule has 3 fully saturated rings. The number of rotatable bonds is 10. The molecule has 2 N–H and O–H groups in total. The summed E-state index contributed by atoms with van der Waals surface area (Å²) in [4.78, 5) is 49.1. The highest BCUT2D eigenvalue weighted by atomic mass is 32.2. The molecule has 0 spiro atoms. The van der Waals surface area contributed by atoms with Crippen molar-refractivity contribution >= 4 is 39.8 Å². The van der Waals surface area contributed by atoms with Gasteiger partial charge in [0.15, 0.2) is 5.75 Å². The molecular formula is C35H40F2N8O5S. The van der Waals surface area contributed by atoms with Crippen LogP contribution in [-0.4, -0.2) is 83.2 Å². The van der Waals surface area contributed by atoms with Crippen molar-refractivity contribution in [1.29, 1.82) is 0 Å². The standard InChI is InChI=1S/C35H40F2N8O5S/c1-42-31-27(6-3-7-28(31)45(35(42)48)29-8-9-30(46)41-32(29)47)23-10-14-43(15-11-23)21-22-4-2-5-26(18-22)51(49)44-16-12-24(13-17-44)40-34-38-19-25(20-39-34)50-33(36)37/h2-7,18-20,23-24,29,33H,8-17,21H2,1H3,(H,38,39,40)(H,41,46,47). The second-order valence-electron chi connectivity index (χ2n) is 13.3. The smallest absolute Gasteiger partial charge is 0.387 e. The van der Waals surface area contributed by atoms with Crippen molar-refractivity contribution in [2.75, 3.05) is 31.5 Å². The third kappa shape index (κ3) is 7.58. The summed E-state index contributed by atoms with van der Waals surface area (Å²) in [6.45, 7) is 0.761. The van der Waals surface area contributed by atoms with Gasteiger partial charge in [-0.3, -0.25) is 28.9 Å². The molecule has 5 heterocycles. The molecule has 2 unspecified atom stereocenters. The lowest BCUT2D eigenvalue weighted by Crippen LogP contribution is -2.44. The average Bonchev–Trinajstić information content (AvgIpc) is 3.38. The van der Waals surface area contributed by atoms with Gasteiger partial charge in [-0.05, 0) is 80.4 Å². The molecule has 0 aliphatic carbocycles. The van der Waals surface area contributed by atoms with Crippen molar-refractivity contribution in [3.63, 3.8) is 0 Å². The molecule has 4 aromatic rings. The predicted molar refractivity (Wildman–Crippen MR) is 186 cm³/mol. The Kier molecular flexibility index (Phi) is 10.2. The normalized spacial score (nSPS) is 20.5. The summed E-state index contributed by atoms with van der Waals surface area (Å²) >= 11 is 0. The summed E-state index contributed by atoms with van der Waals surface area (Å²) in [5.41, 5.74) is 3.48. The van der Waals surface area contributed by atoms with Crippen molar-refractivity contribution in [2.45, 2.75) is 74.6 Å². The van der Waals surface area contributed by atoms with Gasteiger partial charge in [-0.1, -0.05) is 24.3 Å². The number of ether oxygens (including phenoxy) is 1. The van der Waals surface area contributed by atoms with Crippen molar-refractivity contribution in [3.05, 3.63) is 76.5 Å². The van der Waals surface area contributed by atoms with Crippen molar-refractivity contribution in [3.8, 4) is 5.75 Å². The fraction of sp³-hybridized carbons (Fsp3) is 0.457. The van der Waals surface area contributed by atoms with E-state index in [1.54, 1.807) is 16.2 Å². The van der Waals surface area contributed by atoms with Gasteiger partial charge >= 0.3 is 12.3 Å². The number of aromatic nitrogens is 4. The number of benzene rings is 2. The number of amides is 2. The van der Waals surface area contributed by atoms with E-state index in [9.17, 15) is 27.4 Å². The number of likely N-dealkylation sites (tertiary alicyclic amines) is 1. The molecule has 2 amide bonds. The molecule has 2 aromatic heterocycles. The minimum absolute atomic E-state index is 0.0662. The molecule has 7 rings (SSSR count). The number of hydrogen-bond acceptors (Lipinski definition) is 9. The first kappa shape index (κ1) is 34.9. The van der Waals surface area contributed by atoms with Crippen molar-refractivity contribution < 1.29 is 27.3 Å². The number of nitrogens with one attached hydrogen (secondary N) is 2. The number of carbonyl (C=O) groups excluding carboxylic acids is 2. The van der Waals surface area contributed by atoms with Gasteiger partial charge in [-0.25, -0.2) is 23.3 Å². The van der Waals surface area contributed by atoms with Crippen LogP contribution in [0.3, 0.4) is 0 Å². The van der Waals surface area contributed by atoms with Crippen LogP contribution in [0.5, 0.6) is 5.75 Å². The van der Waals surface area contributed by atoms with Crippen LogP contribution >= 0.6 is 0 Å². The van der Waals surface area contributed by atoms with Gasteiger partial charge in [0.25, 0.3) is 0 Å². The van der Waals surface area contributed by atoms with Gasteiger partial charge in [0.05, 0.1) is 28.3 Å². The zero-order chi connectivity index (χ0) is 35.6. The van der Waals surface area contributed by atoms with Crippen molar-refractivity contribution in [1.82, 2.24) is 33.6 Å². The number of halogens is 2. The molecule has 3 saturated heterocycles. The Morgan fingerprint density at radius 1 is 0.980 bits per heavy atom. The van der Waals surface area contributed by atoms with E-state index in [1.807, 2.05) is 34.6 Å². The minimum Gasteiger partial charge on any atom is -0.432 e. The Morgan fingerprint density at radius 3 is 2.41 bits per heavy atom. The molecule has 3 aliphatic heterocycles. The van der Waals surface area contributed by atoms with Gasteiger partial charge in [0.2, 0.25) is 17.8 Å². The van der Waals surface area contributed by atoms with Crippen LogP contribution in [-0.2, 0) is 34.2 Å². The Hall–Kier alpha value is -4.54. The highest BCUT2D eigenvalue weighted by Crippen LogP contribution is 2.34. The molecule has 0 radical (unpaired) electrons. The van der Waals surface area contributed by atoms with E-state index < -0.39 is 29.5 Å². The maximum atomic E-state index is 13.6. The molecule has 0 saturated carbocycles. The van der Waals surface area contributed by atoms with Gasteiger partial charge in [-0.2, -0.15) is 8.78 Å². The van der Waals surface area contributed by atoms with Gasteiger partial charge in [0.1, 0.15) is 17.0 Å². The quantitative estimate of drug-likeness (QED) is 0.235. The first-order valence-corrected chi connectivity index (χ1v) is 18.3. The number of imide groups is 1. The van der Waals surface area contributed by atoms with Crippen molar-refractivity contribution in [2.24, 2.45) is 7.05 Å². The summed E-state index contributed by atoms with van der Waals surface area (Å²) in [6, 6.07) is 13.2. The number of hydrogen-bond donors (Lipinski definition) is 2. The SMILES string of the molecule is Cn1c(=O)n(C2CCC(=O)NC2=O)c2cccc(C3CCN(Cc4cccc(S(=O)N5CCC(Nc6ncc(OC(F)F)cn6)CC5)c4)CC3)c21. The average molecular weight is 723 g/mol. The minimum atomic E-state index is -2.93. The third-order valence-electron chi connectivity index (χ3n) is 10.1. The van der Waals surface area contributed by atoms with Crippen LogP contribution in [0.1, 0.15) is 61.6 Å². The van der Waals surface area contributed by atoms with Crippen LogP contribution < -0.4 is 21.1 Å². The van der Waals surface area contributed by atoms with Gasteiger partial charge < -0.3 is 10.1 Å². The maximum absolute atomic E-state index is 13.6. The summed E-state index contributed by atoms with van der Waals surface area (Å²) in [5, 5.41) is 5.60. The van der Waals surface area contributed by atoms with E-state index in [-0.39, 0.29) is 35.7 Å². The molecule has 0 bridgehead atoms. The van der Waals surface area contributed by atoms with Crippen LogP contribution in [0, 0.1) is 0 Å². The number of alkyl halides is 2. The first-order valence-electron chi connectivity index (χ1n) is 17.2.